The molecule has 5 nitrogen and oxygen atoms in total. The van der Waals surface area contributed by atoms with Crippen LogP contribution < -0.4 is 0 Å². The van der Waals surface area contributed by atoms with Crippen LogP contribution in [0.15, 0.2) is 11.5 Å². The van der Waals surface area contributed by atoms with E-state index >= 15 is 0 Å². The van der Waals surface area contributed by atoms with Crippen molar-refractivity contribution >= 4 is 9.84 Å². The van der Waals surface area contributed by atoms with E-state index in [1.54, 1.807) is 0 Å². The molecule has 6 heteroatoms. The maximum Gasteiger partial charge on any atom is 0.242 e. The number of hydrogen-bond acceptors (Lipinski definition) is 4. The van der Waals surface area contributed by atoms with E-state index in [1.807, 2.05) is 0 Å². The number of nitrogens with zero attached hydrogens (tertiary/aromatic N) is 2. The fourth-order valence-corrected chi connectivity index (χ4v) is 4.10. The molecule has 0 atom stereocenters. The Morgan fingerprint density at radius 2 is 1.25 bits per heavy atom. The first-order valence-corrected chi connectivity index (χ1v) is 11.4. The molecule has 0 radical (unpaired) electrons. The maximum absolute atomic E-state index is 11.9. The second kappa shape index (κ2) is 13.4. The van der Waals surface area contributed by atoms with E-state index in [1.165, 1.54) is 77.0 Å². The third kappa shape index (κ3) is 10.1. The van der Waals surface area contributed by atoms with Crippen LogP contribution in [0.25, 0.3) is 0 Å². The van der Waals surface area contributed by atoms with Crippen LogP contribution in [0.5, 0.6) is 0 Å². The summed E-state index contributed by atoms with van der Waals surface area (Å²) in [4.78, 5) is 3.72. The fraction of sp³-hybridized carbons (Fsp3) is 0.889. The van der Waals surface area contributed by atoms with Crippen LogP contribution in [0.2, 0.25) is 0 Å². The van der Waals surface area contributed by atoms with Gasteiger partial charge in [-0.2, -0.15) is 5.10 Å². The summed E-state index contributed by atoms with van der Waals surface area (Å²) in [6, 6.07) is 0. The first-order valence-electron chi connectivity index (χ1n) is 9.75. The lowest BCUT2D eigenvalue weighted by Gasteiger charge is -2.03. The van der Waals surface area contributed by atoms with E-state index in [2.05, 4.69) is 22.1 Å². The molecule has 1 rings (SSSR count). The molecule has 0 aliphatic rings. The molecule has 1 aromatic rings. The van der Waals surface area contributed by atoms with Crippen molar-refractivity contribution in [1.29, 1.82) is 0 Å². The van der Waals surface area contributed by atoms with Gasteiger partial charge in [-0.1, -0.05) is 90.4 Å². The van der Waals surface area contributed by atoms with E-state index in [0.717, 1.165) is 12.8 Å². The highest BCUT2D eigenvalue weighted by Crippen LogP contribution is 2.13. The number of aromatic amines is 1. The van der Waals surface area contributed by atoms with Gasteiger partial charge in [0.2, 0.25) is 15.0 Å². The van der Waals surface area contributed by atoms with E-state index in [0.29, 0.717) is 6.42 Å². The first-order chi connectivity index (χ1) is 11.7. The lowest BCUT2D eigenvalue weighted by molar-refractivity contribution is 0.537. The Morgan fingerprint density at radius 3 is 1.67 bits per heavy atom. The van der Waals surface area contributed by atoms with Crippen LogP contribution >= 0.6 is 0 Å². The second-order valence-electron chi connectivity index (χ2n) is 6.71. The third-order valence-corrected chi connectivity index (χ3v) is 6.07. The molecular weight excluding hydrogens is 322 g/mol. The summed E-state index contributed by atoms with van der Waals surface area (Å²) in [5.41, 5.74) is 0. The Balaban J connectivity index is 1.84. The molecule has 140 valence electrons. The highest BCUT2D eigenvalue weighted by molar-refractivity contribution is 7.91. The molecular formula is C18H35N3O2S. The zero-order valence-corrected chi connectivity index (χ0v) is 16.1. The highest BCUT2D eigenvalue weighted by atomic mass is 32.2. The van der Waals surface area contributed by atoms with Crippen LogP contribution in [0.4, 0.5) is 0 Å². The van der Waals surface area contributed by atoms with Gasteiger partial charge < -0.3 is 0 Å². The summed E-state index contributed by atoms with van der Waals surface area (Å²) in [6.45, 7) is 2.26. The molecule has 0 bridgehead atoms. The van der Waals surface area contributed by atoms with Crippen molar-refractivity contribution < 1.29 is 8.42 Å². The van der Waals surface area contributed by atoms with Crippen LogP contribution in [-0.4, -0.2) is 29.4 Å². The molecule has 1 heterocycles. The molecule has 0 aliphatic carbocycles. The summed E-state index contributed by atoms with van der Waals surface area (Å²) in [7, 11) is -3.26. The highest BCUT2D eigenvalue weighted by Gasteiger charge is 2.16. The molecule has 24 heavy (non-hydrogen) atoms. The van der Waals surface area contributed by atoms with Gasteiger partial charge in [-0.05, 0) is 6.42 Å². The van der Waals surface area contributed by atoms with E-state index in [9.17, 15) is 8.42 Å². The molecule has 0 aromatic carbocycles. The zero-order valence-electron chi connectivity index (χ0n) is 15.3. The second-order valence-corrected chi connectivity index (χ2v) is 8.73. The molecule has 0 saturated carbocycles. The van der Waals surface area contributed by atoms with Gasteiger partial charge in [0.15, 0.2) is 0 Å². The van der Waals surface area contributed by atoms with Crippen molar-refractivity contribution in [2.75, 3.05) is 5.75 Å². The normalized spacial score (nSPS) is 11.9. The molecule has 0 unspecified atom stereocenters. The van der Waals surface area contributed by atoms with E-state index in [-0.39, 0.29) is 10.9 Å². The minimum Gasteiger partial charge on any atom is -0.250 e. The van der Waals surface area contributed by atoms with Gasteiger partial charge in [-0.3, -0.25) is 5.10 Å². The van der Waals surface area contributed by atoms with Crippen molar-refractivity contribution in [2.24, 2.45) is 0 Å². The van der Waals surface area contributed by atoms with Crippen LogP contribution in [0.3, 0.4) is 0 Å². The molecule has 0 fully saturated rings. The van der Waals surface area contributed by atoms with E-state index < -0.39 is 9.84 Å². The average Bonchev–Trinajstić information content (AvgIpc) is 3.10. The van der Waals surface area contributed by atoms with Gasteiger partial charge in [0.1, 0.15) is 6.33 Å². The maximum atomic E-state index is 11.9. The number of H-pyrrole nitrogens is 1. The lowest BCUT2D eigenvalue weighted by atomic mass is 10.0. The van der Waals surface area contributed by atoms with Gasteiger partial charge >= 0.3 is 0 Å². The minimum absolute atomic E-state index is 0.00260. The number of hydrogen-bond donors (Lipinski definition) is 1. The summed E-state index contributed by atoms with van der Waals surface area (Å²) in [5, 5.41) is 6.02. The Labute approximate surface area is 148 Å². The summed E-state index contributed by atoms with van der Waals surface area (Å²) in [5.74, 6) is 0.167. The number of nitrogens with one attached hydrogen (secondary N) is 1. The standard InChI is InChI=1S/C18H35N3O2S/c1-2-3-4-5-6-7-8-9-10-11-12-13-14-15-16-24(22,23)18-19-17-20-21-18/h17H,2-16H2,1H3,(H,19,20,21). The largest absolute Gasteiger partial charge is 0.250 e. The number of unbranched alkanes of at least 4 members (excludes halogenated alkanes) is 13. The monoisotopic (exact) mass is 357 g/mol. The van der Waals surface area contributed by atoms with Crippen molar-refractivity contribution in [3.8, 4) is 0 Å². The van der Waals surface area contributed by atoms with Crippen molar-refractivity contribution in [3.05, 3.63) is 6.33 Å². The van der Waals surface area contributed by atoms with Crippen molar-refractivity contribution in [3.63, 3.8) is 0 Å². The van der Waals surface area contributed by atoms with Gasteiger partial charge in [-0.15, -0.1) is 0 Å². The van der Waals surface area contributed by atoms with E-state index in [4.69, 9.17) is 0 Å². The zero-order chi connectivity index (χ0) is 17.5. The lowest BCUT2D eigenvalue weighted by Crippen LogP contribution is -2.08. The predicted octanol–water partition coefficient (Wildman–Crippen LogP) is 5.06. The van der Waals surface area contributed by atoms with Crippen LogP contribution in [0, 0.1) is 0 Å². The smallest absolute Gasteiger partial charge is 0.242 e. The van der Waals surface area contributed by atoms with Crippen LogP contribution in [-0.2, 0) is 9.84 Å². The van der Waals surface area contributed by atoms with Gasteiger partial charge in [0.25, 0.3) is 0 Å². The number of rotatable bonds is 16. The topological polar surface area (TPSA) is 75.7 Å². The molecule has 1 aromatic heterocycles. The number of sulfone groups is 1. The third-order valence-electron chi connectivity index (χ3n) is 4.45. The first kappa shape index (κ1) is 21.1. The molecule has 1 N–H and O–H groups in total. The van der Waals surface area contributed by atoms with Gasteiger partial charge in [0.05, 0.1) is 5.75 Å². The summed E-state index contributed by atoms with van der Waals surface area (Å²) >= 11 is 0. The molecule has 0 amide bonds. The average molecular weight is 358 g/mol. The van der Waals surface area contributed by atoms with Gasteiger partial charge in [-0.25, -0.2) is 13.4 Å². The molecule has 0 spiro atoms. The number of aromatic nitrogens is 3. The summed E-state index contributed by atoms with van der Waals surface area (Å²) < 4.78 is 23.8. The Hall–Kier alpha value is -0.910. The van der Waals surface area contributed by atoms with Crippen molar-refractivity contribution in [2.45, 2.75) is 102 Å². The van der Waals surface area contributed by atoms with Crippen molar-refractivity contribution in [1.82, 2.24) is 15.2 Å². The Bertz CT molecular complexity index is 486. The van der Waals surface area contributed by atoms with Crippen LogP contribution in [0.1, 0.15) is 96.8 Å². The minimum atomic E-state index is -3.26. The fourth-order valence-electron chi connectivity index (χ4n) is 2.93. The Morgan fingerprint density at radius 1 is 0.792 bits per heavy atom. The molecule has 0 saturated heterocycles. The molecule has 0 aliphatic heterocycles. The summed E-state index contributed by atoms with van der Waals surface area (Å²) in [6.07, 6.45) is 18.9. The van der Waals surface area contributed by atoms with Gasteiger partial charge in [0, 0.05) is 0 Å². The Kier molecular flexibility index (Phi) is 11.8. The quantitative estimate of drug-likeness (QED) is 0.420. The SMILES string of the molecule is CCCCCCCCCCCCCCCCS(=O)(=O)c1ncn[nH]1. The predicted molar refractivity (Wildman–Crippen MR) is 98.7 cm³/mol.